The normalized spacial score (nSPS) is 11.0. The second kappa shape index (κ2) is 5.32. The van der Waals surface area contributed by atoms with Gasteiger partial charge in [-0.25, -0.2) is 4.98 Å². The van der Waals surface area contributed by atoms with Gasteiger partial charge in [0.25, 0.3) is 0 Å². The van der Waals surface area contributed by atoms with Crippen LogP contribution in [0.1, 0.15) is 11.3 Å². The number of aryl methyl sites for hydroxylation is 1. The topological polar surface area (TPSA) is 71.9 Å². The van der Waals surface area contributed by atoms with Crippen LogP contribution in [0.2, 0.25) is 0 Å². The molecule has 1 aromatic carbocycles. The maximum Gasteiger partial charge on any atom is 0.573 e. The number of nitriles is 1. The van der Waals surface area contributed by atoms with Crippen LogP contribution in [0.4, 0.5) is 19.0 Å². The van der Waals surface area contributed by atoms with Gasteiger partial charge in [0.2, 0.25) is 0 Å². The van der Waals surface area contributed by atoms with E-state index in [-0.39, 0.29) is 17.1 Å². The first kappa shape index (κ1) is 14.7. The Labute approximate surface area is 118 Å². The maximum atomic E-state index is 12.1. The first-order chi connectivity index (χ1) is 9.80. The van der Waals surface area contributed by atoms with Crippen molar-refractivity contribution in [2.75, 3.05) is 5.73 Å². The van der Waals surface area contributed by atoms with Crippen LogP contribution < -0.4 is 10.5 Å². The minimum absolute atomic E-state index is 0.0862. The fraction of sp³-hybridized carbons (Fsp3) is 0.143. The Hall–Kier alpha value is -2.75. The number of nitrogens with zero attached hydrogens (tertiary/aromatic N) is 2. The van der Waals surface area contributed by atoms with E-state index in [1.54, 1.807) is 13.0 Å². The lowest BCUT2D eigenvalue weighted by Crippen LogP contribution is -2.16. The molecule has 0 fully saturated rings. The monoisotopic (exact) mass is 293 g/mol. The Morgan fingerprint density at radius 1 is 1.24 bits per heavy atom. The number of benzene rings is 1. The lowest BCUT2D eigenvalue weighted by molar-refractivity contribution is -0.274. The van der Waals surface area contributed by atoms with E-state index >= 15 is 0 Å². The van der Waals surface area contributed by atoms with Crippen LogP contribution >= 0.6 is 0 Å². The molecule has 1 aromatic heterocycles. The lowest BCUT2D eigenvalue weighted by atomic mass is 10.0. The third kappa shape index (κ3) is 3.42. The van der Waals surface area contributed by atoms with E-state index < -0.39 is 6.36 Å². The van der Waals surface area contributed by atoms with Crippen molar-refractivity contribution < 1.29 is 17.9 Å². The highest BCUT2D eigenvalue weighted by molar-refractivity contribution is 5.75. The first-order valence-electron chi connectivity index (χ1n) is 5.83. The van der Waals surface area contributed by atoms with Gasteiger partial charge in [-0.2, -0.15) is 5.26 Å². The Balaban J connectivity index is 2.42. The van der Waals surface area contributed by atoms with Gasteiger partial charge in [0.15, 0.2) is 0 Å². The third-order valence-electron chi connectivity index (χ3n) is 2.69. The summed E-state index contributed by atoms with van der Waals surface area (Å²) in [5.74, 6) is -0.244. The lowest BCUT2D eigenvalue weighted by Gasteiger charge is -2.11. The molecule has 2 N–H and O–H groups in total. The summed E-state index contributed by atoms with van der Waals surface area (Å²) in [6.45, 7) is 1.71. The van der Waals surface area contributed by atoms with E-state index in [2.05, 4.69) is 9.72 Å². The Kier molecular flexibility index (Phi) is 3.72. The molecule has 0 spiro atoms. The molecule has 7 heteroatoms. The summed E-state index contributed by atoms with van der Waals surface area (Å²) in [4.78, 5) is 3.98. The van der Waals surface area contributed by atoms with Crippen molar-refractivity contribution in [3.63, 3.8) is 0 Å². The Morgan fingerprint density at radius 3 is 2.38 bits per heavy atom. The number of rotatable bonds is 2. The van der Waals surface area contributed by atoms with Gasteiger partial charge in [-0.3, -0.25) is 0 Å². The number of hydrogen-bond donors (Lipinski definition) is 1. The van der Waals surface area contributed by atoms with Crippen molar-refractivity contribution in [3.05, 3.63) is 41.6 Å². The molecule has 0 saturated heterocycles. The molecule has 0 saturated carbocycles. The zero-order valence-electron chi connectivity index (χ0n) is 10.9. The Bertz CT molecular complexity index is 703. The summed E-state index contributed by atoms with van der Waals surface area (Å²) >= 11 is 0. The molecule has 0 aliphatic rings. The van der Waals surface area contributed by atoms with E-state index in [0.717, 1.165) is 0 Å². The van der Waals surface area contributed by atoms with E-state index in [0.29, 0.717) is 16.8 Å². The molecule has 0 aliphatic heterocycles. The van der Waals surface area contributed by atoms with Gasteiger partial charge in [-0.05, 0) is 30.7 Å². The minimum atomic E-state index is -4.74. The van der Waals surface area contributed by atoms with Gasteiger partial charge in [-0.1, -0.05) is 12.1 Å². The molecule has 0 unspecified atom stereocenters. The zero-order chi connectivity index (χ0) is 15.6. The summed E-state index contributed by atoms with van der Waals surface area (Å²) in [6.07, 6.45) is -4.74. The molecule has 2 rings (SSSR count). The number of hydrogen-bond acceptors (Lipinski definition) is 4. The highest BCUT2D eigenvalue weighted by Gasteiger charge is 2.31. The molecule has 0 aliphatic carbocycles. The SMILES string of the molecule is Cc1cc(-c2ccc(OC(F)(F)F)cc2)c(C#N)c(N)n1. The van der Waals surface area contributed by atoms with Gasteiger partial charge in [-0.15, -0.1) is 13.2 Å². The summed E-state index contributed by atoms with van der Waals surface area (Å²) in [7, 11) is 0. The fourth-order valence-corrected chi connectivity index (χ4v) is 1.88. The summed E-state index contributed by atoms with van der Waals surface area (Å²) in [5, 5.41) is 9.12. The zero-order valence-corrected chi connectivity index (χ0v) is 10.9. The van der Waals surface area contributed by atoms with Crippen molar-refractivity contribution in [3.8, 4) is 22.9 Å². The van der Waals surface area contributed by atoms with E-state index in [1.165, 1.54) is 24.3 Å². The van der Waals surface area contributed by atoms with Crippen LogP contribution in [0, 0.1) is 18.3 Å². The number of pyridine rings is 1. The molecule has 0 bridgehead atoms. The molecular weight excluding hydrogens is 283 g/mol. The van der Waals surface area contributed by atoms with Gasteiger partial charge in [0.1, 0.15) is 23.2 Å². The molecule has 21 heavy (non-hydrogen) atoms. The molecule has 4 nitrogen and oxygen atoms in total. The molecule has 0 atom stereocenters. The van der Waals surface area contributed by atoms with Gasteiger partial charge < -0.3 is 10.5 Å². The predicted octanol–water partition coefficient (Wildman–Crippen LogP) is 3.41. The second-order valence-corrected chi connectivity index (χ2v) is 4.26. The average Bonchev–Trinajstić information content (AvgIpc) is 2.37. The Morgan fingerprint density at radius 2 is 1.86 bits per heavy atom. The van der Waals surface area contributed by atoms with Crippen LogP contribution in [0.15, 0.2) is 30.3 Å². The van der Waals surface area contributed by atoms with E-state index in [1.807, 2.05) is 6.07 Å². The number of ether oxygens (including phenoxy) is 1. The smallest absolute Gasteiger partial charge is 0.406 e. The minimum Gasteiger partial charge on any atom is -0.406 e. The van der Waals surface area contributed by atoms with Crippen molar-refractivity contribution in [2.45, 2.75) is 13.3 Å². The first-order valence-corrected chi connectivity index (χ1v) is 5.83. The van der Waals surface area contributed by atoms with Crippen molar-refractivity contribution in [1.29, 1.82) is 5.26 Å². The highest BCUT2D eigenvalue weighted by atomic mass is 19.4. The second-order valence-electron chi connectivity index (χ2n) is 4.26. The van der Waals surface area contributed by atoms with Gasteiger partial charge in [0.05, 0.1) is 0 Å². The number of nitrogen functional groups attached to an aromatic ring is 1. The molecule has 2 aromatic rings. The number of nitrogens with two attached hydrogens (primary N) is 1. The molecule has 1 heterocycles. The van der Waals surface area contributed by atoms with Gasteiger partial charge in [0, 0.05) is 11.3 Å². The molecular formula is C14H10F3N3O. The van der Waals surface area contributed by atoms with Crippen LogP contribution in [-0.4, -0.2) is 11.3 Å². The highest BCUT2D eigenvalue weighted by Crippen LogP contribution is 2.30. The molecule has 0 amide bonds. The van der Waals surface area contributed by atoms with Crippen molar-refractivity contribution in [2.24, 2.45) is 0 Å². The largest absolute Gasteiger partial charge is 0.573 e. The summed E-state index contributed by atoms with van der Waals surface area (Å²) in [5.41, 5.74) is 7.54. The van der Waals surface area contributed by atoms with Crippen molar-refractivity contribution >= 4 is 5.82 Å². The summed E-state index contributed by atoms with van der Waals surface area (Å²) < 4.78 is 40.1. The quantitative estimate of drug-likeness (QED) is 0.921. The fourth-order valence-electron chi connectivity index (χ4n) is 1.88. The van der Waals surface area contributed by atoms with E-state index in [9.17, 15) is 13.2 Å². The molecule has 108 valence electrons. The number of halogens is 3. The third-order valence-corrected chi connectivity index (χ3v) is 2.69. The van der Waals surface area contributed by atoms with Crippen LogP contribution in [0.25, 0.3) is 11.1 Å². The maximum absolute atomic E-state index is 12.1. The number of aromatic nitrogens is 1. The number of alkyl halides is 3. The predicted molar refractivity (Wildman–Crippen MR) is 70.2 cm³/mol. The van der Waals surface area contributed by atoms with E-state index in [4.69, 9.17) is 11.0 Å². The summed E-state index contributed by atoms with van der Waals surface area (Å²) in [6, 6.07) is 8.80. The average molecular weight is 293 g/mol. The number of anilines is 1. The standard InChI is InChI=1S/C14H10F3N3O/c1-8-6-11(12(7-18)13(19)20-8)9-2-4-10(5-3-9)21-14(15,16)17/h2-6H,1H3,(H2,19,20). The molecule has 0 radical (unpaired) electrons. The van der Waals surface area contributed by atoms with Crippen LogP contribution in [-0.2, 0) is 0 Å². The van der Waals surface area contributed by atoms with Crippen LogP contribution in [0.5, 0.6) is 5.75 Å². The van der Waals surface area contributed by atoms with Crippen molar-refractivity contribution in [1.82, 2.24) is 4.98 Å². The van der Waals surface area contributed by atoms with Gasteiger partial charge >= 0.3 is 6.36 Å². The van der Waals surface area contributed by atoms with Crippen LogP contribution in [0.3, 0.4) is 0 Å².